The highest BCUT2D eigenvalue weighted by Gasteiger charge is 2.08. The van der Waals surface area contributed by atoms with E-state index in [0.717, 1.165) is 0 Å². The average molecular weight is 182 g/mol. The van der Waals surface area contributed by atoms with Gasteiger partial charge in [-0.1, -0.05) is 0 Å². The molecule has 0 aliphatic rings. The maximum absolute atomic E-state index is 9.26. The molecule has 1 aromatic heterocycles. The van der Waals surface area contributed by atoms with Gasteiger partial charge in [0.25, 0.3) is 0 Å². The number of hydrogen-bond acceptors (Lipinski definition) is 2. The molecule has 2 unspecified atom stereocenters. The molecule has 2 N–H and O–H groups in total. The zero-order valence-corrected chi connectivity index (χ0v) is 8.49. The predicted octanol–water partition coefficient (Wildman–Crippen LogP) is 1.15. The lowest BCUT2D eigenvalue weighted by Crippen LogP contribution is -2.19. The summed E-state index contributed by atoms with van der Waals surface area (Å²) in [4.78, 5) is 0. The maximum Gasteiger partial charge on any atom is 0.0690 e. The van der Waals surface area contributed by atoms with Gasteiger partial charge in [-0.15, -0.1) is 0 Å². The van der Waals surface area contributed by atoms with Crippen LogP contribution in [0, 0.1) is 0 Å². The summed E-state index contributed by atoms with van der Waals surface area (Å²) in [7, 11) is 1.93. The number of aliphatic hydroxyl groups is 1. The molecule has 0 aliphatic carbocycles. The van der Waals surface area contributed by atoms with Crippen molar-refractivity contribution < 1.29 is 5.11 Å². The monoisotopic (exact) mass is 182 g/mol. The van der Waals surface area contributed by atoms with Gasteiger partial charge in [0, 0.05) is 24.5 Å². The van der Waals surface area contributed by atoms with Crippen molar-refractivity contribution in [3.8, 4) is 0 Å². The molecule has 0 spiro atoms. The van der Waals surface area contributed by atoms with Crippen molar-refractivity contribution in [1.82, 2.24) is 9.88 Å². The first-order chi connectivity index (χ1) is 6.15. The molecular weight excluding hydrogens is 164 g/mol. The zero-order valence-electron chi connectivity index (χ0n) is 8.49. The SMILES string of the molecule is CNC(C)c1cccn1CC(C)O. The molecule has 0 aromatic carbocycles. The van der Waals surface area contributed by atoms with Crippen LogP contribution >= 0.6 is 0 Å². The Morgan fingerprint density at radius 3 is 2.77 bits per heavy atom. The van der Waals surface area contributed by atoms with Crippen LogP contribution in [-0.2, 0) is 6.54 Å². The van der Waals surface area contributed by atoms with Crippen LogP contribution in [0.1, 0.15) is 25.6 Å². The van der Waals surface area contributed by atoms with Crippen molar-refractivity contribution in [2.75, 3.05) is 7.05 Å². The minimum Gasteiger partial charge on any atom is -0.392 e. The lowest BCUT2D eigenvalue weighted by atomic mass is 10.2. The van der Waals surface area contributed by atoms with Crippen LogP contribution in [0.15, 0.2) is 18.3 Å². The van der Waals surface area contributed by atoms with Gasteiger partial charge in [-0.2, -0.15) is 0 Å². The second-order valence-corrected chi connectivity index (χ2v) is 3.44. The van der Waals surface area contributed by atoms with E-state index < -0.39 is 0 Å². The summed E-state index contributed by atoms with van der Waals surface area (Å²) in [6.07, 6.45) is 1.70. The van der Waals surface area contributed by atoms with E-state index in [1.54, 1.807) is 6.92 Å². The van der Waals surface area contributed by atoms with Crippen molar-refractivity contribution in [2.45, 2.75) is 32.5 Å². The van der Waals surface area contributed by atoms with Crippen molar-refractivity contribution in [3.05, 3.63) is 24.0 Å². The molecule has 13 heavy (non-hydrogen) atoms. The molecule has 1 rings (SSSR count). The molecule has 0 saturated heterocycles. The molecule has 0 fully saturated rings. The minimum absolute atomic E-state index is 0.296. The Hall–Kier alpha value is -0.800. The summed E-state index contributed by atoms with van der Waals surface area (Å²) in [6.45, 7) is 4.57. The third-order valence-corrected chi connectivity index (χ3v) is 2.20. The van der Waals surface area contributed by atoms with Gasteiger partial charge in [-0.25, -0.2) is 0 Å². The molecule has 0 amide bonds. The quantitative estimate of drug-likeness (QED) is 0.733. The fraction of sp³-hybridized carbons (Fsp3) is 0.600. The third kappa shape index (κ3) is 2.57. The Kier molecular flexibility index (Phi) is 3.51. The first kappa shape index (κ1) is 10.3. The van der Waals surface area contributed by atoms with Gasteiger partial charge in [-0.3, -0.25) is 0 Å². The van der Waals surface area contributed by atoms with E-state index in [2.05, 4.69) is 22.9 Å². The van der Waals surface area contributed by atoms with E-state index in [-0.39, 0.29) is 6.10 Å². The molecular formula is C10H18N2O. The molecule has 3 nitrogen and oxygen atoms in total. The van der Waals surface area contributed by atoms with Crippen molar-refractivity contribution in [2.24, 2.45) is 0 Å². The molecule has 1 heterocycles. The first-order valence-electron chi connectivity index (χ1n) is 4.65. The van der Waals surface area contributed by atoms with E-state index in [0.29, 0.717) is 12.6 Å². The highest BCUT2D eigenvalue weighted by molar-refractivity contribution is 5.11. The standard InChI is InChI=1S/C10H18N2O/c1-8(13)7-12-6-4-5-10(12)9(2)11-3/h4-6,8-9,11,13H,7H2,1-3H3. The Morgan fingerprint density at radius 2 is 2.23 bits per heavy atom. The number of hydrogen-bond donors (Lipinski definition) is 2. The molecule has 74 valence electrons. The number of aromatic nitrogens is 1. The Balaban J connectivity index is 2.76. The van der Waals surface area contributed by atoms with Crippen LogP contribution in [0.3, 0.4) is 0 Å². The van der Waals surface area contributed by atoms with Crippen molar-refractivity contribution >= 4 is 0 Å². The normalized spacial score (nSPS) is 15.7. The largest absolute Gasteiger partial charge is 0.392 e. The van der Waals surface area contributed by atoms with Crippen LogP contribution in [-0.4, -0.2) is 22.8 Å². The highest BCUT2D eigenvalue weighted by atomic mass is 16.3. The Bertz CT molecular complexity index is 255. The van der Waals surface area contributed by atoms with E-state index in [1.165, 1.54) is 5.69 Å². The van der Waals surface area contributed by atoms with Gasteiger partial charge in [0.15, 0.2) is 0 Å². The second-order valence-electron chi connectivity index (χ2n) is 3.44. The van der Waals surface area contributed by atoms with E-state index in [1.807, 2.05) is 19.3 Å². The van der Waals surface area contributed by atoms with Gasteiger partial charge in [0.05, 0.1) is 6.10 Å². The second kappa shape index (κ2) is 4.44. The van der Waals surface area contributed by atoms with Gasteiger partial charge < -0.3 is 15.0 Å². The fourth-order valence-electron chi connectivity index (χ4n) is 1.42. The Labute approximate surface area is 79.4 Å². The number of rotatable bonds is 4. The smallest absolute Gasteiger partial charge is 0.0690 e. The summed E-state index contributed by atoms with van der Waals surface area (Å²) in [5.74, 6) is 0. The van der Waals surface area contributed by atoms with Crippen LogP contribution in [0.4, 0.5) is 0 Å². The maximum atomic E-state index is 9.26. The predicted molar refractivity (Wildman–Crippen MR) is 53.6 cm³/mol. The van der Waals surface area contributed by atoms with Gasteiger partial charge >= 0.3 is 0 Å². The molecule has 2 atom stereocenters. The summed E-state index contributed by atoms with van der Waals surface area (Å²) < 4.78 is 2.08. The van der Waals surface area contributed by atoms with Gasteiger partial charge in [0.2, 0.25) is 0 Å². The minimum atomic E-state index is -0.296. The third-order valence-electron chi connectivity index (χ3n) is 2.20. The number of nitrogens with one attached hydrogen (secondary N) is 1. The fourth-order valence-corrected chi connectivity index (χ4v) is 1.42. The van der Waals surface area contributed by atoms with Crippen LogP contribution in [0.5, 0.6) is 0 Å². The zero-order chi connectivity index (χ0) is 9.84. The van der Waals surface area contributed by atoms with Crippen molar-refractivity contribution in [3.63, 3.8) is 0 Å². The van der Waals surface area contributed by atoms with Crippen LogP contribution in [0.25, 0.3) is 0 Å². The molecule has 0 aliphatic heterocycles. The first-order valence-corrected chi connectivity index (χ1v) is 4.65. The van der Waals surface area contributed by atoms with Gasteiger partial charge in [-0.05, 0) is 33.0 Å². The van der Waals surface area contributed by atoms with Crippen LogP contribution in [0.2, 0.25) is 0 Å². The Morgan fingerprint density at radius 1 is 1.54 bits per heavy atom. The molecule has 3 heteroatoms. The van der Waals surface area contributed by atoms with Gasteiger partial charge in [0.1, 0.15) is 0 Å². The van der Waals surface area contributed by atoms with E-state index >= 15 is 0 Å². The topological polar surface area (TPSA) is 37.2 Å². The highest BCUT2D eigenvalue weighted by Crippen LogP contribution is 2.12. The number of aliphatic hydroxyl groups excluding tert-OH is 1. The molecule has 0 saturated carbocycles. The molecule has 0 bridgehead atoms. The van der Waals surface area contributed by atoms with Crippen molar-refractivity contribution in [1.29, 1.82) is 0 Å². The molecule has 1 aromatic rings. The van der Waals surface area contributed by atoms with E-state index in [4.69, 9.17) is 0 Å². The summed E-state index contributed by atoms with van der Waals surface area (Å²) in [5, 5.41) is 12.4. The van der Waals surface area contributed by atoms with E-state index in [9.17, 15) is 5.11 Å². The summed E-state index contributed by atoms with van der Waals surface area (Å²) in [5.41, 5.74) is 1.21. The summed E-state index contributed by atoms with van der Waals surface area (Å²) >= 11 is 0. The van der Waals surface area contributed by atoms with Crippen LogP contribution < -0.4 is 5.32 Å². The molecule has 0 radical (unpaired) electrons. The number of nitrogens with zero attached hydrogens (tertiary/aromatic N) is 1. The lowest BCUT2D eigenvalue weighted by molar-refractivity contribution is 0.172. The average Bonchev–Trinajstić information content (AvgIpc) is 2.50. The summed E-state index contributed by atoms with van der Waals surface area (Å²) in [6, 6.07) is 4.41. The lowest BCUT2D eigenvalue weighted by Gasteiger charge is -2.15.